The van der Waals surface area contributed by atoms with Gasteiger partial charge in [0.25, 0.3) is 0 Å². The molecule has 0 amide bonds. The van der Waals surface area contributed by atoms with Crippen molar-refractivity contribution >= 4 is 120 Å². The molecule has 82 heavy (non-hydrogen) atoms. The Morgan fingerprint density at radius 2 is 0.854 bits per heavy atom. The normalized spacial score (nSPS) is 12.1. The third-order valence-corrected chi connectivity index (χ3v) is 17.0. The van der Waals surface area contributed by atoms with Crippen LogP contribution in [0.15, 0.2) is 271 Å². The minimum Gasteiger partial charge on any atom is -0.455 e. The van der Waals surface area contributed by atoms with E-state index in [0.717, 1.165) is 110 Å². The Kier molecular flexibility index (Phi) is 9.38. The van der Waals surface area contributed by atoms with Crippen LogP contribution in [0.5, 0.6) is 0 Å². The van der Waals surface area contributed by atoms with Crippen LogP contribution in [0.3, 0.4) is 0 Å². The molecule has 13 aromatic carbocycles. The van der Waals surface area contributed by atoms with Gasteiger partial charge in [-0.15, -0.1) is 0 Å². The summed E-state index contributed by atoms with van der Waals surface area (Å²) in [5, 5.41) is 15.8. The Hall–Kier alpha value is -11.2. The number of benzene rings is 13. The number of hydrogen-bond acceptors (Lipinski definition) is 4. The first-order valence-corrected chi connectivity index (χ1v) is 27.8. The van der Waals surface area contributed by atoms with Crippen molar-refractivity contribution in [1.29, 1.82) is 0 Å². The summed E-state index contributed by atoms with van der Waals surface area (Å²) < 4.78 is 14.3. The van der Waals surface area contributed by atoms with Crippen LogP contribution in [0.4, 0.5) is 0 Å². The largest absolute Gasteiger partial charge is 0.455 e. The molecule has 0 fully saturated rings. The summed E-state index contributed by atoms with van der Waals surface area (Å²) in [7, 11) is 0. The van der Waals surface area contributed by atoms with Crippen LogP contribution >= 0.6 is 0 Å². The molecular weight excluding hydrogens is 1000 g/mol. The zero-order chi connectivity index (χ0) is 53.6. The molecular formula is C75H44N6O. The van der Waals surface area contributed by atoms with Gasteiger partial charge in [-0.3, -0.25) is 0 Å². The van der Waals surface area contributed by atoms with E-state index in [2.05, 4.69) is 275 Å². The number of fused-ring (bicyclic) bond motifs is 17. The molecule has 0 aliphatic heterocycles. The minimum atomic E-state index is 0.520. The highest BCUT2D eigenvalue weighted by Crippen LogP contribution is 2.45. The zero-order valence-corrected chi connectivity index (χ0v) is 44.0. The van der Waals surface area contributed by atoms with Crippen molar-refractivity contribution in [3.63, 3.8) is 0 Å². The molecule has 0 aliphatic carbocycles. The Morgan fingerprint density at radius 3 is 1.65 bits per heavy atom. The molecule has 0 N–H and O–H groups in total. The van der Waals surface area contributed by atoms with Gasteiger partial charge in [-0.25, -0.2) is 15.0 Å². The summed E-state index contributed by atoms with van der Waals surface area (Å²) in [6.45, 7) is 0. The number of para-hydroxylation sites is 5. The lowest BCUT2D eigenvalue weighted by Crippen LogP contribution is -2.01. The summed E-state index contributed by atoms with van der Waals surface area (Å²) in [5.41, 5.74) is 14.1. The molecule has 7 heteroatoms. The highest BCUT2D eigenvalue weighted by molar-refractivity contribution is 6.24. The SMILES string of the molecule is c1ccc(-n2c3ccccc3c3cc(-c4nc(-c5cc6ccc(-n7c8cc9ccccc9cc8c8ccc9ccccc9c87)cc6c6c5oc5ccccc56)nc(-c5cccc6c5c5ccccc5n6-c5ccccc5)n4)ccc32)cc1. The van der Waals surface area contributed by atoms with E-state index in [-0.39, 0.29) is 0 Å². The van der Waals surface area contributed by atoms with Crippen LogP contribution in [0.1, 0.15) is 0 Å². The predicted octanol–water partition coefficient (Wildman–Crippen LogP) is 19.5. The van der Waals surface area contributed by atoms with Gasteiger partial charge in [-0.2, -0.15) is 0 Å². The number of aromatic nitrogens is 6. The molecule has 380 valence electrons. The Balaban J connectivity index is 0.912. The molecule has 18 aromatic rings. The first kappa shape index (κ1) is 44.8. The van der Waals surface area contributed by atoms with Crippen molar-refractivity contribution < 1.29 is 4.42 Å². The lowest BCUT2D eigenvalue weighted by molar-refractivity contribution is 0.670. The van der Waals surface area contributed by atoms with Crippen LogP contribution in [-0.2, 0) is 0 Å². The molecule has 0 saturated heterocycles. The van der Waals surface area contributed by atoms with Gasteiger partial charge in [0.05, 0.1) is 38.7 Å². The summed E-state index contributed by atoms with van der Waals surface area (Å²) in [6.07, 6.45) is 0. The third-order valence-electron chi connectivity index (χ3n) is 17.0. The van der Waals surface area contributed by atoms with Crippen LogP contribution in [0.25, 0.3) is 171 Å². The van der Waals surface area contributed by atoms with E-state index in [1.807, 2.05) is 6.07 Å². The Morgan fingerprint density at radius 1 is 0.268 bits per heavy atom. The van der Waals surface area contributed by atoms with Crippen molar-refractivity contribution in [2.75, 3.05) is 0 Å². The average molecular weight is 1050 g/mol. The fraction of sp³-hybridized carbons (Fsp3) is 0. The predicted molar refractivity (Wildman–Crippen MR) is 339 cm³/mol. The van der Waals surface area contributed by atoms with Crippen molar-refractivity contribution in [2.45, 2.75) is 0 Å². The summed E-state index contributed by atoms with van der Waals surface area (Å²) in [6, 6.07) is 95.6. The van der Waals surface area contributed by atoms with E-state index in [1.54, 1.807) is 0 Å². The van der Waals surface area contributed by atoms with Gasteiger partial charge in [-0.05, 0) is 124 Å². The maximum atomic E-state index is 7.13. The second-order valence-electron chi connectivity index (χ2n) is 21.5. The summed E-state index contributed by atoms with van der Waals surface area (Å²) in [4.78, 5) is 16.7. The van der Waals surface area contributed by atoms with Gasteiger partial charge in [0.1, 0.15) is 11.2 Å². The summed E-state index contributed by atoms with van der Waals surface area (Å²) in [5.74, 6) is 1.65. The molecule has 0 saturated carbocycles. The average Bonchev–Trinajstić information content (AvgIpc) is 3.00. The summed E-state index contributed by atoms with van der Waals surface area (Å²) >= 11 is 0. The van der Waals surface area contributed by atoms with Gasteiger partial charge >= 0.3 is 0 Å². The van der Waals surface area contributed by atoms with Crippen LogP contribution in [0, 0.1) is 0 Å². The van der Waals surface area contributed by atoms with Gasteiger partial charge in [0.15, 0.2) is 17.5 Å². The lowest BCUT2D eigenvalue weighted by Gasteiger charge is -2.14. The monoisotopic (exact) mass is 1040 g/mol. The maximum Gasteiger partial charge on any atom is 0.167 e. The first-order chi connectivity index (χ1) is 40.7. The van der Waals surface area contributed by atoms with E-state index in [0.29, 0.717) is 23.1 Å². The number of nitrogens with zero attached hydrogens (tertiary/aromatic N) is 6. The highest BCUT2D eigenvalue weighted by atomic mass is 16.3. The third kappa shape index (κ3) is 6.50. The molecule has 18 rings (SSSR count). The number of furan rings is 1. The molecule has 0 unspecified atom stereocenters. The Labute approximate surface area is 468 Å². The van der Waals surface area contributed by atoms with Gasteiger partial charge in [0, 0.05) is 76.7 Å². The number of rotatable bonds is 6. The maximum absolute atomic E-state index is 7.13. The van der Waals surface area contributed by atoms with Crippen molar-refractivity contribution in [3.05, 3.63) is 267 Å². The molecule has 5 heterocycles. The molecule has 5 aromatic heterocycles. The molecule has 0 bridgehead atoms. The van der Waals surface area contributed by atoms with Crippen LogP contribution in [-0.4, -0.2) is 28.7 Å². The van der Waals surface area contributed by atoms with Gasteiger partial charge in [-0.1, -0.05) is 170 Å². The van der Waals surface area contributed by atoms with Crippen LogP contribution in [0.2, 0.25) is 0 Å². The first-order valence-electron chi connectivity index (χ1n) is 27.8. The topological polar surface area (TPSA) is 66.6 Å². The zero-order valence-electron chi connectivity index (χ0n) is 44.0. The van der Waals surface area contributed by atoms with E-state index in [9.17, 15) is 0 Å². The fourth-order valence-electron chi connectivity index (χ4n) is 13.4. The molecule has 0 atom stereocenters. The molecule has 0 spiro atoms. The smallest absolute Gasteiger partial charge is 0.167 e. The minimum absolute atomic E-state index is 0.520. The lowest BCUT2D eigenvalue weighted by atomic mass is 9.98. The highest BCUT2D eigenvalue weighted by Gasteiger charge is 2.25. The van der Waals surface area contributed by atoms with Crippen molar-refractivity contribution in [1.82, 2.24) is 28.7 Å². The van der Waals surface area contributed by atoms with E-state index < -0.39 is 0 Å². The molecule has 0 radical (unpaired) electrons. The fourth-order valence-corrected chi connectivity index (χ4v) is 13.4. The van der Waals surface area contributed by atoms with Crippen molar-refractivity contribution in [2.24, 2.45) is 0 Å². The van der Waals surface area contributed by atoms with E-state index in [4.69, 9.17) is 19.4 Å². The van der Waals surface area contributed by atoms with Gasteiger partial charge < -0.3 is 18.1 Å². The Bertz CT molecular complexity index is 5710. The van der Waals surface area contributed by atoms with Crippen LogP contribution < -0.4 is 0 Å². The van der Waals surface area contributed by atoms with Gasteiger partial charge in [0.2, 0.25) is 0 Å². The standard InChI is InChI=1S/C75H44N6O/c1-3-21-50(22-4-1)79-63-30-14-11-26-54(63)60-42-49(36-39-65(60)79)73-76-74(58-29-17-32-66-69(58)56-27-12-15-31-64(56)80(66)51-23-5-2-6-24-51)78-75(77-73)62-41-48-34-37-52(44-59(48)70-57-28-13-16-33-68(57)82-72(62)70)81-67-43-47-20-8-7-19-46(47)40-61(67)55-38-35-45-18-9-10-25-53(45)71(55)81/h1-44H. The molecule has 0 aliphatic rings. The van der Waals surface area contributed by atoms with Crippen molar-refractivity contribution in [3.8, 4) is 51.2 Å². The van der Waals surface area contributed by atoms with E-state index in [1.165, 1.54) is 37.8 Å². The second-order valence-corrected chi connectivity index (χ2v) is 21.5. The second kappa shape index (κ2) is 17.2. The quantitative estimate of drug-likeness (QED) is 0.166. The molecule has 7 nitrogen and oxygen atoms in total. The van der Waals surface area contributed by atoms with E-state index >= 15 is 0 Å². The number of hydrogen-bond donors (Lipinski definition) is 0.